The lowest BCUT2D eigenvalue weighted by molar-refractivity contribution is 0.0595. The van der Waals surface area contributed by atoms with Crippen LogP contribution in [0.15, 0.2) is 30.8 Å². The van der Waals surface area contributed by atoms with Crippen LogP contribution in [0.4, 0.5) is 5.69 Å². The number of nitrogens with one attached hydrogen (secondary N) is 2. The smallest absolute Gasteiger partial charge is 0.354 e. The number of hydrogen-bond acceptors (Lipinski definition) is 5. The highest BCUT2D eigenvalue weighted by Crippen LogP contribution is 2.46. The molecular weight excluding hydrogens is 537 g/mol. The summed E-state index contributed by atoms with van der Waals surface area (Å²) < 4.78 is 15.5. The van der Waals surface area contributed by atoms with Crippen LogP contribution in [-0.4, -0.2) is 48.5 Å². The fraction of sp³-hybridized carbons (Fsp3) is 0.238. The number of nitrogens with zero attached hydrogens (tertiary/aromatic N) is 1. The van der Waals surface area contributed by atoms with E-state index in [1.54, 1.807) is 52.2 Å². The maximum Gasteiger partial charge on any atom is 0.354 e. The van der Waals surface area contributed by atoms with Crippen LogP contribution in [0, 0.1) is 0 Å². The van der Waals surface area contributed by atoms with Crippen LogP contribution in [0.1, 0.15) is 38.2 Å². The molecule has 1 aliphatic heterocycles. The number of rotatable bonds is 6. The van der Waals surface area contributed by atoms with E-state index in [1.807, 2.05) is 0 Å². The minimum atomic E-state index is -0.491. The minimum Gasteiger partial charge on any atom is -0.495 e. The zero-order chi connectivity index (χ0) is 22.3. The summed E-state index contributed by atoms with van der Waals surface area (Å²) >= 11 is 8.05. The third kappa shape index (κ3) is 3.55. The maximum atomic E-state index is 13.3. The van der Waals surface area contributed by atoms with E-state index in [0.717, 1.165) is 10.9 Å². The molecule has 0 radical (unpaired) electrons. The van der Waals surface area contributed by atoms with Crippen molar-refractivity contribution in [1.82, 2.24) is 9.97 Å². The molecule has 2 N–H and O–H groups in total. The van der Waals surface area contributed by atoms with Crippen LogP contribution in [0.25, 0.3) is 16.7 Å². The first-order valence-electron chi connectivity index (χ1n) is 9.30. The molecule has 0 spiro atoms. The highest BCUT2D eigenvalue weighted by atomic mass is 127. The third-order valence-corrected chi connectivity index (χ3v) is 6.23. The summed E-state index contributed by atoms with van der Waals surface area (Å²) in [5.74, 6) is 0.422. The first-order valence-corrected chi connectivity index (χ1v) is 10.7. The van der Waals surface area contributed by atoms with E-state index < -0.39 is 5.97 Å². The quantitative estimate of drug-likeness (QED) is 0.200. The fourth-order valence-corrected chi connectivity index (χ4v) is 4.47. The van der Waals surface area contributed by atoms with Gasteiger partial charge in [-0.25, -0.2) is 4.79 Å². The minimum absolute atomic E-state index is 0.115. The molecule has 0 saturated carbocycles. The summed E-state index contributed by atoms with van der Waals surface area (Å²) in [5.41, 5.74) is 3.54. The van der Waals surface area contributed by atoms with E-state index >= 15 is 0 Å². The number of carbonyl (C=O) groups excluding carboxylic acids is 2. The molecule has 1 atom stereocenters. The number of carbonyl (C=O) groups is 2. The zero-order valence-electron chi connectivity index (χ0n) is 16.8. The number of benzene rings is 1. The molecule has 0 bridgehead atoms. The van der Waals surface area contributed by atoms with Crippen molar-refractivity contribution < 1.29 is 22.1 Å². The van der Waals surface area contributed by atoms with Crippen molar-refractivity contribution in [3.05, 3.63) is 53.5 Å². The number of alkyl halides is 1. The van der Waals surface area contributed by atoms with Gasteiger partial charge in [0.1, 0.15) is 17.1 Å². The molecule has 8 nitrogen and oxygen atoms in total. The summed E-state index contributed by atoms with van der Waals surface area (Å²) in [6.45, 7) is 4.20. The molecular formula is C21H19ClIN3O5. The average Bonchev–Trinajstić information content (AvgIpc) is 3.52. The van der Waals surface area contributed by atoms with E-state index in [9.17, 15) is 9.59 Å². The largest absolute Gasteiger partial charge is 0.495 e. The van der Waals surface area contributed by atoms with Gasteiger partial charge >= 0.3 is 5.97 Å². The van der Waals surface area contributed by atoms with Gasteiger partial charge in [0.2, 0.25) is 0 Å². The number of ether oxygens (including phenoxy) is 2. The van der Waals surface area contributed by atoms with Crippen molar-refractivity contribution in [3.8, 4) is 5.75 Å². The average molecular weight is 556 g/mol. The molecule has 0 saturated heterocycles. The van der Waals surface area contributed by atoms with Crippen molar-refractivity contribution >= 4 is 68.8 Å². The van der Waals surface area contributed by atoms with Gasteiger partial charge in [-0.3, -0.25) is 4.79 Å². The van der Waals surface area contributed by atoms with Crippen LogP contribution >= 0.6 is 34.6 Å². The lowest BCUT2D eigenvalue weighted by atomic mass is 9.98. The second kappa shape index (κ2) is 8.46. The van der Waals surface area contributed by atoms with Gasteiger partial charge in [-0.15, -0.1) is 11.6 Å². The molecule has 2 aromatic heterocycles. The molecule has 4 rings (SSSR count). The summed E-state index contributed by atoms with van der Waals surface area (Å²) in [6, 6.07) is 6.92. The second-order valence-electron chi connectivity index (χ2n) is 7.03. The molecule has 1 amide bonds. The van der Waals surface area contributed by atoms with E-state index in [-0.39, 0.29) is 11.8 Å². The molecule has 0 aliphatic carbocycles. The van der Waals surface area contributed by atoms with Gasteiger partial charge in [0, 0.05) is 29.8 Å². The summed E-state index contributed by atoms with van der Waals surface area (Å²) in [5, 5.41) is 0.769. The number of methoxy groups -OCH3 is 2. The lowest BCUT2D eigenvalue weighted by Gasteiger charge is -2.17. The van der Waals surface area contributed by atoms with Crippen molar-refractivity contribution in [2.45, 2.75) is 5.92 Å². The fourth-order valence-electron chi connectivity index (χ4n) is 3.87. The Labute approximate surface area is 197 Å². The Bertz CT molecular complexity index is 1200. The topological polar surface area (TPSA) is 96.7 Å². The Kier molecular flexibility index (Phi) is 5.89. The SMILES string of the molecule is C=C(OC)c1ccc(C(=O)N2C[C@@H](CCl)c3c2cc(OI)c2[nH]c(C(=O)OC)cc32)[nH]1. The van der Waals surface area contributed by atoms with Gasteiger partial charge in [-0.05, 0) is 23.8 Å². The van der Waals surface area contributed by atoms with Crippen molar-refractivity contribution in [2.24, 2.45) is 0 Å². The van der Waals surface area contributed by atoms with E-state index in [2.05, 4.69) is 16.5 Å². The number of amides is 1. The standard InChI is InChI=1S/C21H19ClIN3O5/c1-10(29-2)13-4-5-14(24-13)20(27)26-9-11(8-22)18-12-6-15(21(28)30-3)25-19(12)17(31-23)7-16(18)26/h4-7,11,24-25H,1,8-9H2,2-3H3/t11-/m1/s1. The van der Waals surface area contributed by atoms with Crippen molar-refractivity contribution in [3.63, 3.8) is 0 Å². The first kappa shape index (κ1) is 21.6. The van der Waals surface area contributed by atoms with Gasteiger partial charge in [-0.1, -0.05) is 6.58 Å². The Balaban J connectivity index is 1.83. The number of aromatic amines is 2. The number of H-pyrrole nitrogens is 2. The van der Waals surface area contributed by atoms with Gasteiger partial charge in [0.05, 0.1) is 31.1 Å². The molecule has 3 aromatic rings. The highest BCUT2D eigenvalue weighted by molar-refractivity contribution is 14.1. The van der Waals surface area contributed by atoms with Crippen LogP contribution in [0.2, 0.25) is 0 Å². The zero-order valence-corrected chi connectivity index (χ0v) is 19.7. The first-order chi connectivity index (χ1) is 14.9. The second-order valence-corrected chi connectivity index (χ2v) is 7.78. The van der Waals surface area contributed by atoms with Crippen molar-refractivity contribution in [1.29, 1.82) is 0 Å². The molecule has 0 unspecified atom stereocenters. The Morgan fingerprint density at radius 1 is 1.19 bits per heavy atom. The van der Waals surface area contributed by atoms with Gasteiger partial charge in [-0.2, -0.15) is 0 Å². The predicted octanol–water partition coefficient (Wildman–Crippen LogP) is 4.61. The lowest BCUT2D eigenvalue weighted by Crippen LogP contribution is -2.30. The molecule has 0 fully saturated rings. The monoisotopic (exact) mass is 555 g/mol. The number of aromatic nitrogens is 2. The number of halogens is 2. The van der Waals surface area contributed by atoms with Crippen LogP contribution in [0.3, 0.4) is 0 Å². The normalized spacial score (nSPS) is 15.1. The van der Waals surface area contributed by atoms with Crippen LogP contribution < -0.4 is 7.97 Å². The van der Waals surface area contributed by atoms with E-state index in [0.29, 0.717) is 52.2 Å². The molecule has 1 aromatic carbocycles. The van der Waals surface area contributed by atoms with Crippen molar-refractivity contribution in [2.75, 3.05) is 31.5 Å². The number of esters is 1. The number of fused-ring (bicyclic) bond motifs is 3. The van der Waals surface area contributed by atoms with Gasteiger partial charge in [0.15, 0.2) is 28.8 Å². The summed E-state index contributed by atoms with van der Waals surface area (Å²) in [4.78, 5) is 33.2. The van der Waals surface area contributed by atoms with E-state index in [1.165, 1.54) is 14.2 Å². The maximum absolute atomic E-state index is 13.3. The molecule has 1 aliphatic rings. The number of hydrogen-bond donors (Lipinski definition) is 2. The summed E-state index contributed by atoms with van der Waals surface area (Å²) in [7, 11) is 2.83. The molecule has 162 valence electrons. The molecule has 3 heterocycles. The van der Waals surface area contributed by atoms with Gasteiger partial charge in [0.25, 0.3) is 5.91 Å². The Morgan fingerprint density at radius 3 is 2.58 bits per heavy atom. The molecule has 31 heavy (non-hydrogen) atoms. The Morgan fingerprint density at radius 2 is 1.94 bits per heavy atom. The van der Waals surface area contributed by atoms with Crippen LogP contribution in [0.5, 0.6) is 5.75 Å². The van der Waals surface area contributed by atoms with E-state index in [4.69, 9.17) is 24.1 Å². The summed E-state index contributed by atoms with van der Waals surface area (Å²) in [6.07, 6.45) is 0. The molecule has 10 heteroatoms. The Hall–Kier alpha value is -2.66. The van der Waals surface area contributed by atoms with Crippen LogP contribution in [-0.2, 0) is 9.47 Å². The predicted molar refractivity (Wildman–Crippen MR) is 126 cm³/mol. The highest BCUT2D eigenvalue weighted by Gasteiger charge is 2.36. The number of anilines is 1. The third-order valence-electron chi connectivity index (χ3n) is 5.38. The van der Waals surface area contributed by atoms with Gasteiger partial charge < -0.3 is 27.4 Å².